The molecule has 2 rings (SSSR count). The molecule has 0 amide bonds. The Bertz CT molecular complexity index is 592. The van der Waals surface area contributed by atoms with Crippen LogP contribution in [0.15, 0.2) is 30.3 Å². The zero-order chi connectivity index (χ0) is 15.1. The van der Waals surface area contributed by atoms with Crippen LogP contribution in [-0.4, -0.2) is 30.2 Å². The van der Waals surface area contributed by atoms with Crippen LogP contribution in [0.4, 0.5) is 17.3 Å². The van der Waals surface area contributed by atoms with Crippen molar-refractivity contribution in [3.05, 3.63) is 41.2 Å². The van der Waals surface area contributed by atoms with Gasteiger partial charge in [0.05, 0.1) is 0 Å². The number of anilines is 3. The molecule has 1 aromatic heterocycles. The number of hydrogen-bond donors (Lipinski definition) is 2. The highest BCUT2D eigenvalue weighted by atomic mass is 35.5. The summed E-state index contributed by atoms with van der Waals surface area (Å²) in [7, 11) is 1.70. The minimum absolute atomic E-state index is 0.684. The summed E-state index contributed by atoms with van der Waals surface area (Å²) in [4.78, 5) is 8.73. The molecule has 0 bridgehead atoms. The van der Waals surface area contributed by atoms with Crippen LogP contribution in [0.3, 0.4) is 0 Å². The van der Waals surface area contributed by atoms with E-state index in [4.69, 9.17) is 16.3 Å². The second-order valence-electron chi connectivity index (χ2n) is 4.59. The maximum Gasteiger partial charge on any atom is 0.136 e. The number of hydrogen-bond acceptors (Lipinski definition) is 5. The molecule has 1 aromatic carbocycles. The van der Waals surface area contributed by atoms with Crippen molar-refractivity contribution in [3.63, 3.8) is 0 Å². The second kappa shape index (κ2) is 7.81. The third-order valence-electron chi connectivity index (χ3n) is 2.77. The zero-order valence-corrected chi connectivity index (χ0v) is 12.9. The summed E-state index contributed by atoms with van der Waals surface area (Å²) in [6.07, 6.45) is 0.927. The van der Waals surface area contributed by atoms with Gasteiger partial charge in [0.25, 0.3) is 0 Å². The fourth-order valence-electron chi connectivity index (χ4n) is 1.87. The first-order valence-electron chi connectivity index (χ1n) is 6.78. The molecule has 112 valence electrons. The van der Waals surface area contributed by atoms with Gasteiger partial charge < -0.3 is 15.4 Å². The molecule has 0 radical (unpaired) electrons. The minimum Gasteiger partial charge on any atom is -0.385 e. The maximum absolute atomic E-state index is 5.97. The lowest BCUT2D eigenvalue weighted by molar-refractivity contribution is 0.198. The number of aryl methyl sites for hydroxylation is 1. The average molecular weight is 307 g/mol. The van der Waals surface area contributed by atoms with Crippen LogP contribution < -0.4 is 10.6 Å². The van der Waals surface area contributed by atoms with Crippen molar-refractivity contribution in [2.75, 3.05) is 30.9 Å². The van der Waals surface area contributed by atoms with Gasteiger partial charge in [-0.25, -0.2) is 9.97 Å². The molecule has 1 heterocycles. The standard InChI is InChI=1S/C15H19ClN4O/c1-11-18-14(17-7-4-8-21-2)10-15(19-11)20-13-6-3-5-12(16)9-13/h3,5-6,9-10H,4,7-8H2,1-2H3,(H2,17,18,19,20). The van der Waals surface area contributed by atoms with Gasteiger partial charge in [0.1, 0.15) is 17.5 Å². The fraction of sp³-hybridized carbons (Fsp3) is 0.333. The summed E-state index contributed by atoms with van der Waals surface area (Å²) in [5.41, 5.74) is 0.894. The van der Waals surface area contributed by atoms with Gasteiger partial charge in [-0.2, -0.15) is 0 Å². The second-order valence-corrected chi connectivity index (χ2v) is 5.03. The molecule has 0 spiro atoms. The number of ether oxygens (including phenoxy) is 1. The molecule has 0 aliphatic heterocycles. The molecule has 2 aromatic rings. The fourth-order valence-corrected chi connectivity index (χ4v) is 2.06. The van der Waals surface area contributed by atoms with Gasteiger partial charge in [-0.3, -0.25) is 0 Å². The van der Waals surface area contributed by atoms with E-state index in [2.05, 4.69) is 20.6 Å². The molecule has 6 heteroatoms. The zero-order valence-electron chi connectivity index (χ0n) is 12.2. The molecule has 0 unspecified atom stereocenters. The SMILES string of the molecule is COCCCNc1cc(Nc2cccc(Cl)c2)nc(C)n1. The molecular formula is C15H19ClN4O. The topological polar surface area (TPSA) is 59.1 Å². The van der Waals surface area contributed by atoms with E-state index < -0.39 is 0 Å². The predicted octanol–water partition coefficient (Wildman–Crippen LogP) is 3.63. The normalized spacial score (nSPS) is 10.4. The summed E-state index contributed by atoms with van der Waals surface area (Å²) in [6.45, 7) is 3.40. The van der Waals surface area contributed by atoms with E-state index in [0.29, 0.717) is 10.8 Å². The van der Waals surface area contributed by atoms with Gasteiger partial charge in [0.15, 0.2) is 0 Å². The first kappa shape index (κ1) is 15.5. The van der Waals surface area contributed by atoms with Crippen molar-refractivity contribution in [2.24, 2.45) is 0 Å². The summed E-state index contributed by atoms with van der Waals surface area (Å²) in [5, 5.41) is 7.17. The number of benzene rings is 1. The highest BCUT2D eigenvalue weighted by Gasteiger charge is 2.03. The Morgan fingerprint density at radius 3 is 2.76 bits per heavy atom. The third kappa shape index (κ3) is 5.21. The van der Waals surface area contributed by atoms with Crippen molar-refractivity contribution in [3.8, 4) is 0 Å². The molecule has 0 atom stereocenters. The molecule has 0 fully saturated rings. The molecule has 0 saturated heterocycles. The first-order chi connectivity index (χ1) is 10.2. The van der Waals surface area contributed by atoms with Crippen LogP contribution >= 0.6 is 11.6 Å². The number of rotatable bonds is 7. The van der Waals surface area contributed by atoms with Crippen molar-refractivity contribution in [1.29, 1.82) is 0 Å². The van der Waals surface area contributed by atoms with E-state index in [1.165, 1.54) is 0 Å². The Labute approximate surface area is 129 Å². The minimum atomic E-state index is 0.684. The van der Waals surface area contributed by atoms with Gasteiger partial charge in [-0.05, 0) is 31.5 Å². The van der Waals surface area contributed by atoms with E-state index in [-0.39, 0.29) is 0 Å². The molecule has 0 aliphatic carbocycles. The van der Waals surface area contributed by atoms with Gasteiger partial charge in [0, 0.05) is 37.0 Å². The Kier molecular flexibility index (Phi) is 5.78. The average Bonchev–Trinajstić information content (AvgIpc) is 2.43. The van der Waals surface area contributed by atoms with E-state index in [1.807, 2.05) is 37.3 Å². The third-order valence-corrected chi connectivity index (χ3v) is 3.00. The highest BCUT2D eigenvalue weighted by molar-refractivity contribution is 6.30. The van der Waals surface area contributed by atoms with Gasteiger partial charge in [-0.1, -0.05) is 17.7 Å². The molecule has 0 saturated carbocycles. The maximum atomic E-state index is 5.97. The summed E-state index contributed by atoms with van der Waals surface area (Å²) in [6, 6.07) is 9.39. The van der Waals surface area contributed by atoms with Gasteiger partial charge in [0.2, 0.25) is 0 Å². The lowest BCUT2D eigenvalue weighted by atomic mass is 10.3. The van der Waals surface area contributed by atoms with Crippen LogP contribution in [0.25, 0.3) is 0 Å². The Hall–Kier alpha value is -1.85. The summed E-state index contributed by atoms with van der Waals surface area (Å²) >= 11 is 5.97. The number of halogens is 1. The monoisotopic (exact) mass is 306 g/mol. The lowest BCUT2D eigenvalue weighted by Gasteiger charge is -2.10. The first-order valence-corrected chi connectivity index (χ1v) is 7.16. The summed E-state index contributed by atoms with van der Waals surface area (Å²) < 4.78 is 5.02. The molecule has 21 heavy (non-hydrogen) atoms. The van der Waals surface area contributed by atoms with Crippen LogP contribution in [0, 0.1) is 6.92 Å². The number of nitrogens with zero attached hydrogens (tertiary/aromatic N) is 2. The largest absolute Gasteiger partial charge is 0.385 e. The van der Waals surface area contributed by atoms with Crippen molar-refractivity contribution >= 4 is 28.9 Å². The van der Waals surface area contributed by atoms with Crippen molar-refractivity contribution < 1.29 is 4.74 Å². The molecule has 2 N–H and O–H groups in total. The van der Waals surface area contributed by atoms with Crippen LogP contribution in [0.1, 0.15) is 12.2 Å². The Balaban J connectivity index is 2.04. The van der Waals surface area contributed by atoms with Crippen LogP contribution in [0.2, 0.25) is 5.02 Å². The highest BCUT2D eigenvalue weighted by Crippen LogP contribution is 2.20. The number of nitrogens with one attached hydrogen (secondary N) is 2. The summed E-state index contributed by atoms with van der Waals surface area (Å²) in [5.74, 6) is 2.23. The van der Waals surface area contributed by atoms with Crippen molar-refractivity contribution in [2.45, 2.75) is 13.3 Å². The van der Waals surface area contributed by atoms with Gasteiger partial charge in [-0.15, -0.1) is 0 Å². The Morgan fingerprint density at radius 2 is 2.00 bits per heavy atom. The van der Waals surface area contributed by atoms with E-state index in [0.717, 1.165) is 36.9 Å². The molecule has 5 nitrogen and oxygen atoms in total. The van der Waals surface area contributed by atoms with E-state index in [9.17, 15) is 0 Å². The van der Waals surface area contributed by atoms with Gasteiger partial charge >= 0.3 is 0 Å². The van der Waals surface area contributed by atoms with Crippen LogP contribution in [-0.2, 0) is 4.74 Å². The predicted molar refractivity (Wildman–Crippen MR) is 86.5 cm³/mol. The number of methoxy groups -OCH3 is 1. The number of aromatic nitrogens is 2. The van der Waals surface area contributed by atoms with E-state index in [1.54, 1.807) is 7.11 Å². The smallest absolute Gasteiger partial charge is 0.136 e. The van der Waals surface area contributed by atoms with Crippen molar-refractivity contribution in [1.82, 2.24) is 9.97 Å². The molecular weight excluding hydrogens is 288 g/mol. The Morgan fingerprint density at radius 1 is 1.19 bits per heavy atom. The quantitative estimate of drug-likeness (QED) is 0.765. The molecule has 0 aliphatic rings. The van der Waals surface area contributed by atoms with E-state index >= 15 is 0 Å². The van der Waals surface area contributed by atoms with Crippen LogP contribution in [0.5, 0.6) is 0 Å². The lowest BCUT2D eigenvalue weighted by Crippen LogP contribution is -2.08.